The number of carbonyl (C=O) groups is 2. The van der Waals surface area contributed by atoms with E-state index in [9.17, 15) is 14.7 Å². The monoisotopic (exact) mass is 369 g/mol. The fraction of sp³-hybridized carbons (Fsp3) is 0.333. The molecule has 0 aromatic heterocycles. The van der Waals surface area contributed by atoms with Crippen LogP contribution in [0.3, 0.4) is 0 Å². The predicted octanol–water partition coefficient (Wildman–Crippen LogP) is 2.29. The first-order chi connectivity index (χ1) is 13.0. The van der Waals surface area contributed by atoms with Crippen molar-refractivity contribution in [3.8, 4) is 0 Å². The van der Waals surface area contributed by atoms with Gasteiger partial charge in [-0.1, -0.05) is 54.6 Å². The van der Waals surface area contributed by atoms with Gasteiger partial charge in [-0.25, -0.2) is 0 Å². The van der Waals surface area contributed by atoms with Crippen molar-refractivity contribution in [1.29, 1.82) is 0 Å². The van der Waals surface area contributed by atoms with Crippen LogP contribution in [0, 0.1) is 5.41 Å². The van der Waals surface area contributed by atoms with Gasteiger partial charge in [0.05, 0.1) is 26.4 Å². The van der Waals surface area contributed by atoms with Crippen LogP contribution in [0.5, 0.6) is 0 Å². The fourth-order valence-electron chi connectivity index (χ4n) is 3.83. The Morgan fingerprint density at radius 1 is 1.00 bits per heavy atom. The Kier molecular flexibility index (Phi) is 5.58. The van der Waals surface area contributed by atoms with Gasteiger partial charge >= 0.3 is 11.9 Å². The Hall–Kier alpha value is -2.70. The van der Waals surface area contributed by atoms with Gasteiger partial charge in [-0.15, -0.1) is 0 Å². The van der Waals surface area contributed by atoms with E-state index in [4.69, 9.17) is 9.47 Å². The highest BCUT2D eigenvalue weighted by atomic mass is 16.5. The van der Waals surface area contributed by atoms with Gasteiger partial charge in [-0.05, 0) is 16.7 Å². The van der Waals surface area contributed by atoms with Crippen LogP contribution in [0.15, 0.2) is 54.6 Å². The molecule has 2 atom stereocenters. The molecule has 6 heteroatoms. The van der Waals surface area contributed by atoms with E-state index in [0.717, 1.165) is 5.56 Å². The lowest BCUT2D eigenvalue weighted by Crippen LogP contribution is -2.53. The molecule has 2 N–H and O–H groups in total. The summed E-state index contributed by atoms with van der Waals surface area (Å²) in [6.07, 6.45) is -1.09. The molecular weight excluding hydrogens is 346 g/mol. The minimum atomic E-state index is -1.67. The van der Waals surface area contributed by atoms with Crippen LogP contribution in [0.2, 0.25) is 0 Å². The number of aliphatic hydroxyl groups excluding tert-OH is 1. The standard InChI is InChI=1S/C21H23NO5/c1-26-19(24)21(20(25)27-2)12-17(23)15-10-6-7-11-16(15)18(21)22-13-14-8-4-3-5-9-14/h3-11,17-18,22-23H,12-13H2,1-2H3/t17-,18-/m1/s1. The quantitative estimate of drug-likeness (QED) is 0.621. The van der Waals surface area contributed by atoms with Crippen LogP contribution in [0.4, 0.5) is 0 Å². The molecule has 1 aliphatic carbocycles. The van der Waals surface area contributed by atoms with Crippen LogP contribution in [0.1, 0.15) is 35.3 Å². The Morgan fingerprint density at radius 3 is 2.15 bits per heavy atom. The summed E-state index contributed by atoms with van der Waals surface area (Å²) < 4.78 is 9.94. The van der Waals surface area contributed by atoms with Gasteiger partial charge < -0.3 is 19.9 Å². The Morgan fingerprint density at radius 2 is 1.56 bits per heavy atom. The lowest BCUT2D eigenvalue weighted by Gasteiger charge is -2.42. The molecule has 0 saturated heterocycles. The average molecular weight is 369 g/mol. The summed E-state index contributed by atoms with van der Waals surface area (Å²) in [6, 6.07) is 16.2. The van der Waals surface area contributed by atoms with Crippen molar-refractivity contribution in [2.75, 3.05) is 14.2 Å². The summed E-state index contributed by atoms with van der Waals surface area (Å²) in [6.45, 7) is 0.436. The maximum Gasteiger partial charge on any atom is 0.325 e. The normalized spacial score (nSPS) is 20.4. The molecule has 0 saturated carbocycles. The highest BCUT2D eigenvalue weighted by Gasteiger charge is 2.59. The van der Waals surface area contributed by atoms with Gasteiger partial charge in [0, 0.05) is 13.0 Å². The number of fused-ring (bicyclic) bond motifs is 1. The molecule has 27 heavy (non-hydrogen) atoms. The molecule has 142 valence electrons. The highest BCUT2D eigenvalue weighted by molar-refractivity contribution is 6.01. The second kappa shape index (κ2) is 7.90. The maximum atomic E-state index is 12.8. The van der Waals surface area contributed by atoms with E-state index in [1.165, 1.54) is 14.2 Å². The highest BCUT2D eigenvalue weighted by Crippen LogP contribution is 2.50. The van der Waals surface area contributed by atoms with Gasteiger partial charge in [0.1, 0.15) is 0 Å². The lowest BCUT2D eigenvalue weighted by molar-refractivity contribution is -0.176. The van der Waals surface area contributed by atoms with Gasteiger partial charge in [0.2, 0.25) is 0 Å². The number of benzene rings is 2. The second-order valence-electron chi connectivity index (χ2n) is 6.60. The molecular formula is C21H23NO5. The van der Waals surface area contributed by atoms with Crippen LogP contribution in [0.25, 0.3) is 0 Å². The predicted molar refractivity (Wildman–Crippen MR) is 98.5 cm³/mol. The molecule has 2 aromatic carbocycles. The van der Waals surface area contributed by atoms with Crippen molar-refractivity contribution in [2.45, 2.75) is 25.1 Å². The van der Waals surface area contributed by atoms with Crippen molar-refractivity contribution < 1.29 is 24.2 Å². The molecule has 0 amide bonds. The second-order valence-corrected chi connectivity index (χ2v) is 6.60. The summed E-state index contributed by atoms with van der Waals surface area (Å²) >= 11 is 0. The molecule has 0 aliphatic heterocycles. The average Bonchev–Trinajstić information content (AvgIpc) is 2.72. The number of carbonyl (C=O) groups excluding carboxylic acids is 2. The summed E-state index contributed by atoms with van der Waals surface area (Å²) in [5.74, 6) is -1.46. The van der Waals surface area contributed by atoms with Gasteiger partial charge in [-0.3, -0.25) is 9.59 Å². The minimum absolute atomic E-state index is 0.115. The maximum absolute atomic E-state index is 12.8. The van der Waals surface area contributed by atoms with Crippen molar-refractivity contribution >= 4 is 11.9 Å². The number of esters is 2. The first-order valence-corrected chi connectivity index (χ1v) is 8.75. The summed E-state index contributed by atoms with van der Waals surface area (Å²) in [5.41, 5.74) is 0.700. The number of hydrogen-bond donors (Lipinski definition) is 2. The number of ether oxygens (including phenoxy) is 2. The fourth-order valence-corrected chi connectivity index (χ4v) is 3.83. The SMILES string of the molecule is COC(=O)C1(C(=O)OC)C[C@@H](O)c2ccccc2[C@H]1NCc1ccccc1. The Balaban J connectivity index is 2.09. The number of aliphatic hydroxyl groups is 1. The Labute approximate surface area is 158 Å². The molecule has 6 nitrogen and oxygen atoms in total. The smallest absolute Gasteiger partial charge is 0.325 e. The lowest BCUT2D eigenvalue weighted by atomic mass is 9.66. The van der Waals surface area contributed by atoms with Gasteiger partial charge in [0.15, 0.2) is 5.41 Å². The molecule has 3 rings (SSSR count). The third-order valence-corrected chi connectivity index (χ3v) is 5.13. The van der Waals surface area contributed by atoms with E-state index in [0.29, 0.717) is 17.7 Å². The molecule has 0 unspecified atom stereocenters. The first-order valence-electron chi connectivity index (χ1n) is 8.75. The van der Waals surface area contributed by atoms with Crippen LogP contribution in [-0.2, 0) is 25.6 Å². The number of nitrogens with one attached hydrogen (secondary N) is 1. The van der Waals surface area contributed by atoms with Gasteiger partial charge in [-0.2, -0.15) is 0 Å². The van der Waals surface area contributed by atoms with Crippen molar-refractivity contribution in [1.82, 2.24) is 5.32 Å². The van der Waals surface area contributed by atoms with Crippen LogP contribution in [-0.4, -0.2) is 31.3 Å². The zero-order chi connectivity index (χ0) is 19.4. The molecule has 0 fully saturated rings. The molecule has 0 bridgehead atoms. The van der Waals surface area contributed by atoms with E-state index in [-0.39, 0.29) is 6.42 Å². The third-order valence-electron chi connectivity index (χ3n) is 5.13. The van der Waals surface area contributed by atoms with E-state index >= 15 is 0 Å². The molecule has 2 aromatic rings. The zero-order valence-corrected chi connectivity index (χ0v) is 15.3. The van der Waals surface area contributed by atoms with Gasteiger partial charge in [0.25, 0.3) is 0 Å². The molecule has 1 aliphatic rings. The van der Waals surface area contributed by atoms with Crippen LogP contribution >= 0.6 is 0 Å². The number of hydrogen-bond acceptors (Lipinski definition) is 6. The molecule has 0 radical (unpaired) electrons. The summed E-state index contributed by atoms with van der Waals surface area (Å²) in [5, 5.41) is 14.0. The summed E-state index contributed by atoms with van der Waals surface area (Å²) in [7, 11) is 2.46. The largest absolute Gasteiger partial charge is 0.468 e. The van der Waals surface area contributed by atoms with E-state index in [1.54, 1.807) is 12.1 Å². The van der Waals surface area contributed by atoms with Crippen LogP contribution < -0.4 is 5.32 Å². The van der Waals surface area contributed by atoms with E-state index in [1.807, 2.05) is 42.5 Å². The Bertz CT molecular complexity index is 804. The minimum Gasteiger partial charge on any atom is -0.468 e. The molecule has 0 spiro atoms. The first kappa shape index (κ1) is 19.1. The topological polar surface area (TPSA) is 84.9 Å². The summed E-state index contributed by atoms with van der Waals surface area (Å²) in [4.78, 5) is 25.6. The van der Waals surface area contributed by atoms with E-state index in [2.05, 4.69) is 5.32 Å². The number of rotatable bonds is 5. The van der Waals surface area contributed by atoms with Crippen molar-refractivity contribution in [2.24, 2.45) is 5.41 Å². The third kappa shape index (κ3) is 3.34. The molecule has 0 heterocycles. The van der Waals surface area contributed by atoms with Crippen molar-refractivity contribution in [3.05, 3.63) is 71.3 Å². The zero-order valence-electron chi connectivity index (χ0n) is 15.3. The number of methoxy groups -OCH3 is 2. The van der Waals surface area contributed by atoms with E-state index < -0.39 is 29.5 Å². The van der Waals surface area contributed by atoms with Crippen molar-refractivity contribution in [3.63, 3.8) is 0 Å².